The van der Waals surface area contributed by atoms with Crippen LogP contribution in [0.25, 0.3) is 0 Å². The molecule has 2 nitrogen and oxygen atoms in total. The second-order valence-corrected chi connectivity index (χ2v) is 9.90. The summed E-state index contributed by atoms with van der Waals surface area (Å²) in [5.41, 5.74) is 0. The van der Waals surface area contributed by atoms with Crippen molar-refractivity contribution in [1.82, 2.24) is 0 Å². The van der Waals surface area contributed by atoms with E-state index in [9.17, 15) is 9.67 Å². The van der Waals surface area contributed by atoms with E-state index in [0.29, 0.717) is 10.6 Å². The van der Waals surface area contributed by atoms with Crippen molar-refractivity contribution in [3.05, 3.63) is 60.7 Å². The Balaban J connectivity index is 2.48. The van der Waals surface area contributed by atoms with Gasteiger partial charge in [-0.2, -0.15) is 0 Å². The molecule has 0 aliphatic rings. The van der Waals surface area contributed by atoms with Gasteiger partial charge in [0.25, 0.3) is 0 Å². The van der Waals surface area contributed by atoms with Crippen LogP contribution in [0.15, 0.2) is 60.7 Å². The fourth-order valence-corrected chi connectivity index (χ4v) is 5.39. The van der Waals surface area contributed by atoms with Crippen LogP contribution in [-0.4, -0.2) is 21.2 Å². The molecule has 0 aromatic heterocycles. The van der Waals surface area contributed by atoms with Crippen LogP contribution < -0.4 is 10.6 Å². The number of halogens is 3. The van der Waals surface area contributed by atoms with Gasteiger partial charge in [0.1, 0.15) is 13.2 Å². The summed E-state index contributed by atoms with van der Waals surface area (Å²) in [6, 6.07) is 17.9. The first-order valence-corrected chi connectivity index (χ1v) is 9.32. The number of hydrogen-bond acceptors (Lipinski definition) is 2. The zero-order chi connectivity index (χ0) is 15.5. The molecule has 0 saturated heterocycles. The molecule has 1 N–H and O–H groups in total. The number of alkyl halides is 3. The molecule has 0 radical (unpaired) electrons. The Kier molecular flexibility index (Phi) is 5.40. The van der Waals surface area contributed by atoms with Crippen molar-refractivity contribution in [2.75, 3.05) is 6.16 Å². The maximum absolute atomic E-state index is 13.5. The first kappa shape index (κ1) is 16.9. The molecule has 0 aliphatic carbocycles. The van der Waals surface area contributed by atoms with Gasteiger partial charge in [0.05, 0.1) is 0 Å². The summed E-state index contributed by atoms with van der Waals surface area (Å²) >= 11 is 17.2. The summed E-state index contributed by atoms with van der Waals surface area (Å²) in [4.78, 5) is 0. The van der Waals surface area contributed by atoms with Gasteiger partial charge in [0.2, 0.25) is 3.79 Å². The number of aliphatic hydroxyl groups is 1. The molecule has 2 aromatic carbocycles. The van der Waals surface area contributed by atoms with Gasteiger partial charge < -0.3 is 9.67 Å². The Morgan fingerprint density at radius 1 is 0.905 bits per heavy atom. The predicted octanol–water partition coefficient (Wildman–Crippen LogP) is 3.73. The molecule has 0 amide bonds. The van der Waals surface area contributed by atoms with Gasteiger partial charge in [-0.1, -0.05) is 95.5 Å². The van der Waals surface area contributed by atoms with Crippen LogP contribution in [0.5, 0.6) is 0 Å². The molecule has 0 spiro atoms. The van der Waals surface area contributed by atoms with E-state index >= 15 is 0 Å². The summed E-state index contributed by atoms with van der Waals surface area (Å²) in [6.07, 6.45) is -1.45. The first-order valence-electron chi connectivity index (χ1n) is 6.29. The van der Waals surface area contributed by atoms with Crippen LogP contribution in [0.1, 0.15) is 0 Å². The average Bonchev–Trinajstić information content (AvgIpc) is 2.48. The zero-order valence-corrected chi connectivity index (χ0v) is 14.2. The minimum atomic E-state index is -3.08. The van der Waals surface area contributed by atoms with Crippen molar-refractivity contribution >= 4 is 52.6 Å². The second-order valence-electron chi connectivity index (χ2n) is 4.65. The van der Waals surface area contributed by atoms with Gasteiger partial charge in [-0.25, -0.2) is 0 Å². The molecule has 0 fully saturated rings. The molecule has 6 heteroatoms. The van der Waals surface area contributed by atoms with Crippen LogP contribution in [0, 0.1) is 0 Å². The van der Waals surface area contributed by atoms with Gasteiger partial charge in [0, 0.05) is 16.8 Å². The second kappa shape index (κ2) is 6.73. The molecule has 0 aliphatic heterocycles. The summed E-state index contributed by atoms with van der Waals surface area (Å²) in [5.74, 6) is 0. The van der Waals surface area contributed by atoms with Crippen LogP contribution in [-0.2, 0) is 4.57 Å². The normalized spacial score (nSPS) is 13.9. The molecule has 2 rings (SSSR count). The third-order valence-electron chi connectivity index (χ3n) is 3.15. The predicted molar refractivity (Wildman–Crippen MR) is 90.9 cm³/mol. The van der Waals surface area contributed by atoms with E-state index < -0.39 is 17.0 Å². The van der Waals surface area contributed by atoms with Gasteiger partial charge in [0.15, 0.2) is 0 Å². The highest BCUT2D eigenvalue weighted by Crippen LogP contribution is 2.47. The Bertz CT molecular complexity index is 583. The number of rotatable bonds is 4. The highest BCUT2D eigenvalue weighted by atomic mass is 35.6. The van der Waals surface area contributed by atoms with E-state index in [2.05, 4.69) is 0 Å². The van der Waals surface area contributed by atoms with Gasteiger partial charge in [-0.3, -0.25) is 0 Å². The maximum Gasteiger partial charge on any atom is 0.216 e. The van der Waals surface area contributed by atoms with Crippen LogP contribution >= 0.6 is 41.9 Å². The minimum absolute atomic E-state index is 0.127. The fourth-order valence-electron chi connectivity index (χ4n) is 2.04. The van der Waals surface area contributed by atoms with Crippen LogP contribution in [0.2, 0.25) is 0 Å². The molecule has 1 atom stereocenters. The van der Waals surface area contributed by atoms with Crippen molar-refractivity contribution in [3.63, 3.8) is 0 Å². The lowest BCUT2D eigenvalue weighted by Gasteiger charge is -2.25. The molecule has 112 valence electrons. The summed E-state index contributed by atoms with van der Waals surface area (Å²) in [7, 11) is -3.08. The molecule has 0 bridgehead atoms. The molecule has 0 heterocycles. The monoisotopic (exact) mass is 362 g/mol. The lowest BCUT2D eigenvalue weighted by atomic mass is 10.4. The lowest BCUT2D eigenvalue weighted by molar-refractivity contribution is 0.202. The molecular formula is C15H14Cl3O2P. The average molecular weight is 364 g/mol. The van der Waals surface area contributed by atoms with E-state index in [-0.39, 0.29) is 6.16 Å². The van der Waals surface area contributed by atoms with E-state index in [1.807, 2.05) is 12.1 Å². The fraction of sp³-hybridized carbons (Fsp3) is 0.200. The number of hydrogen-bond donors (Lipinski definition) is 1. The van der Waals surface area contributed by atoms with Gasteiger partial charge >= 0.3 is 0 Å². The summed E-state index contributed by atoms with van der Waals surface area (Å²) in [6.45, 7) is 0. The van der Waals surface area contributed by atoms with Crippen molar-refractivity contribution in [1.29, 1.82) is 0 Å². The molecule has 2 aromatic rings. The minimum Gasteiger partial charge on any atom is -0.388 e. The van der Waals surface area contributed by atoms with E-state index in [1.165, 1.54) is 0 Å². The zero-order valence-electron chi connectivity index (χ0n) is 11.0. The highest BCUT2D eigenvalue weighted by Gasteiger charge is 2.38. The Hall–Kier alpha value is -0.500. The lowest BCUT2D eigenvalue weighted by Crippen LogP contribution is -2.33. The largest absolute Gasteiger partial charge is 0.388 e. The Morgan fingerprint density at radius 2 is 1.29 bits per heavy atom. The van der Waals surface area contributed by atoms with Crippen molar-refractivity contribution in [3.8, 4) is 0 Å². The molecule has 1 unspecified atom stereocenters. The number of benzene rings is 2. The Morgan fingerprint density at radius 3 is 1.62 bits per heavy atom. The quantitative estimate of drug-likeness (QED) is 0.664. The van der Waals surface area contributed by atoms with E-state index in [1.54, 1.807) is 48.5 Å². The third kappa shape index (κ3) is 4.03. The van der Waals surface area contributed by atoms with Crippen LogP contribution in [0.4, 0.5) is 0 Å². The van der Waals surface area contributed by atoms with Gasteiger partial charge in [-0.15, -0.1) is 0 Å². The topological polar surface area (TPSA) is 37.3 Å². The standard InChI is InChI=1S/C15H14Cl3O2P/c16-15(17,18)14(19)11-21(20,12-7-3-1-4-8-12)13-9-5-2-6-10-13/h1-10,14,19H,11H2. The van der Waals surface area contributed by atoms with Crippen LogP contribution in [0.3, 0.4) is 0 Å². The summed E-state index contributed by atoms with van der Waals surface area (Å²) in [5, 5.41) is 11.3. The molecule has 0 saturated carbocycles. The van der Waals surface area contributed by atoms with Crippen molar-refractivity contribution in [2.45, 2.75) is 9.90 Å². The number of aliphatic hydroxyl groups excluding tert-OH is 1. The van der Waals surface area contributed by atoms with Crippen molar-refractivity contribution < 1.29 is 9.67 Å². The Labute approximate surface area is 139 Å². The van der Waals surface area contributed by atoms with E-state index in [0.717, 1.165) is 0 Å². The maximum atomic E-state index is 13.5. The van der Waals surface area contributed by atoms with E-state index in [4.69, 9.17) is 34.8 Å². The highest BCUT2D eigenvalue weighted by molar-refractivity contribution is 7.78. The SMILES string of the molecule is O=P(CC(O)C(Cl)(Cl)Cl)(c1ccccc1)c1ccccc1. The smallest absolute Gasteiger partial charge is 0.216 e. The third-order valence-corrected chi connectivity index (χ3v) is 7.03. The van der Waals surface area contributed by atoms with Crippen molar-refractivity contribution in [2.24, 2.45) is 0 Å². The molecule has 21 heavy (non-hydrogen) atoms. The summed E-state index contributed by atoms with van der Waals surface area (Å²) < 4.78 is 11.7. The molecular weight excluding hydrogens is 349 g/mol. The van der Waals surface area contributed by atoms with Gasteiger partial charge in [-0.05, 0) is 0 Å². The first-order chi connectivity index (χ1) is 9.84.